The largest absolute Gasteiger partial charge is 0.619 e. The summed E-state index contributed by atoms with van der Waals surface area (Å²) in [7, 11) is 0. The monoisotopic (exact) mass is 153 g/mol. The number of aromatic nitrogens is 1. The molecule has 0 saturated carbocycles. The van der Waals surface area contributed by atoms with Gasteiger partial charge in [-0.25, -0.2) is 0 Å². The molecule has 0 aliphatic heterocycles. The van der Waals surface area contributed by atoms with Crippen molar-refractivity contribution in [3.05, 3.63) is 35.8 Å². The van der Waals surface area contributed by atoms with Crippen LogP contribution in [0.5, 0.6) is 0 Å². The van der Waals surface area contributed by atoms with E-state index in [2.05, 4.69) is 20.8 Å². The van der Waals surface area contributed by atoms with Gasteiger partial charge in [-0.1, -0.05) is 26.8 Å². The quantitative estimate of drug-likeness (QED) is 0.413. The first-order valence-electron chi connectivity index (χ1n) is 3.76. The summed E-state index contributed by atoms with van der Waals surface area (Å²) in [5.41, 5.74) is 0. The van der Waals surface area contributed by atoms with Crippen molar-refractivity contribution in [2.75, 3.05) is 0 Å². The average molecular weight is 153 g/mol. The number of nitrogens with zero attached hydrogens (tertiary/aromatic N) is 1. The van der Waals surface area contributed by atoms with Crippen LogP contribution in [0.1, 0.15) is 20.8 Å². The van der Waals surface area contributed by atoms with Crippen LogP contribution in [0.15, 0.2) is 30.6 Å². The molecular formula is C9H15NO. The van der Waals surface area contributed by atoms with Crippen molar-refractivity contribution in [1.29, 1.82) is 0 Å². The van der Waals surface area contributed by atoms with E-state index in [1.54, 1.807) is 18.2 Å². The second-order valence-electron chi connectivity index (χ2n) is 2.97. The Morgan fingerprint density at radius 3 is 1.55 bits per heavy atom. The highest BCUT2D eigenvalue weighted by Crippen LogP contribution is 1.81. The molecule has 0 unspecified atom stereocenters. The highest BCUT2D eigenvalue weighted by Gasteiger charge is 1.75. The van der Waals surface area contributed by atoms with Crippen LogP contribution in [-0.4, -0.2) is 0 Å². The zero-order valence-corrected chi connectivity index (χ0v) is 7.32. The average Bonchev–Trinajstić information content (AvgIpc) is 1.87. The predicted molar refractivity (Wildman–Crippen MR) is 45.9 cm³/mol. The van der Waals surface area contributed by atoms with Gasteiger partial charge in [0.05, 0.1) is 0 Å². The lowest BCUT2D eigenvalue weighted by atomic mass is 10.3. The third kappa shape index (κ3) is 8.95. The molecule has 1 heterocycles. The topological polar surface area (TPSA) is 26.9 Å². The maximum Gasteiger partial charge on any atom is 0.180 e. The summed E-state index contributed by atoms with van der Waals surface area (Å²) in [4.78, 5) is 0. The van der Waals surface area contributed by atoms with Gasteiger partial charge < -0.3 is 5.21 Å². The first-order valence-corrected chi connectivity index (χ1v) is 3.76. The summed E-state index contributed by atoms with van der Waals surface area (Å²) in [6.07, 6.45) is 2.89. The molecule has 0 aliphatic carbocycles. The fourth-order valence-electron chi connectivity index (χ4n) is 0.383. The molecule has 62 valence electrons. The minimum Gasteiger partial charge on any atom is -0.619 e. The summed E-state index contributed by atoms with van der Waals surface area (Å²) in [6.45, 7) is 6.50. The van der Waals surface area contributed by atoms with Crippen LogP contribution < -0.4 is 4.73 Å². The smallest absolute Gasteiger partial charge is 0.180 e. The molecule has 1 rings (SSSR count). The van der Waals surface area contributed by atoms with Crippen LogP contribution in [-0.2, 0) is 0 Å². The Morgan fingerprint density at radius 1 is 1.00 bits per heavy atom. The molecule has 0 radical (unpaired) electrons. The SMILES string of the molecule is CC(C)C.[O-][n+]1ccccc1. The van der Waals surface area contributed by atoms with Gasteiger partial charge in [-0.15, -0.1) is 0 Å². The minimum absolute atomic E-state index is 0.750. The Hall–Kier alpha value is -1.05. The van der Waals surface area contributed by atoms with Gasteiger partial charge in [-0.3, -0.25) is 0 Å². The first-order chi connectivity index (χ1) is 5.13. The lowest BCUT2D eigenvalue weighted by Gasteiger charge is -1.88. The van der Waals surface area contributed by atoms with Crippen molar-refractivity contribution in [2.45, 2.75) is 20.8 Å². The summed E-state index contributed by atoms with van der Waals surface area (Å²) < 4.78 is 0.750. The Labute approximate surface area is 68.1 Å². The molecule has 0 aromatic carbocycles. The van der Waals surface area contributed by atoms with Gasteiger partial charge in [0.1, 0.15) is 0 Å². The van der Waals surface area contributed by atoms with Crippen LogP contribution in [0, 0.1) is 11.1 Å². The molecule has 1 aromatic heterocycles. The predicted octanol–water partition coefficient (Wildman–Crippen LogP) is 1.98. The summed E-state index contributed by atoms with van der Waals surface area (Å²) >= 11 is 0. The Balaban J connectivity index is 0.000000218. The molecule has 2 nitrogen and oxygen atoms in total. The lowest BCUT2D eigenvalue weighted by molar-refractivity contribution is -0.605. The van der Waals surface area contributed by atoms with E-state index >= 15 is 0 Å². The Morgan fingerprint density at radius 2 is 1.36 bits per heavy atom. The normalized spacial score (nSPS) is 8.73. The van der Waals surface area contributed by atoms with Gasteiger partial charge in [0, 0.05) is 12.1 Å². The molecule has 0 atom stereocenters. The Kier molecular flexibility index (Phi) is 5.17. The summed E-state index contributed by atoms with van der Waals surface area (Å²) in [5, 5.41) is 10.2. The zero-order valence-electron chi connectivity index (χ0n) is 7.32. The van der Waals surface area contributed by atoms with Crippen LogP contribution in [0.4, 0.5) is 0 Å². The van der Waals surface area contributed by atoms with Gasteiger partial charge in [-0.2, -0.15) is 4.73 Å². The molecule has 1 aromatic rings. The molecule has 0 fully saturated rings. The van der Waals surface area contributed by atoms with Crippen molar-refractivity contribution in [3.63, 3.8) is 0 Å². The molecule has 0 amide bonds. The van der Waals surface area contributed by atoms with E-state index in [4.69, 9.17) is 0 Å². The lowest BCUT2D eigenvalue weighted by Crippen LogP contribution is -2.22. The zero-order chi connectivity index (χ0) is 8.69. The van der Waals surface area contributed by atoms with E-state index < -0.39 is 0 Å². The molecule has 0 saturated heterocycles. The summed E-state index contributed by atoms with van der Waals surface area (Å²) in [6, 6.07) is 5.18. The van der Waals surface area contributed by atoms with E-state index in [0.29, 0.717) is 0 Å². The van der Waals surface area contributed by atoms with Crippen molar-refractivity contribution >= 4 is 0 Å². The van der Waals surface area contributed by atoms with Crippen LogP contribution in [0.3, 0.4) is 0 Å². The number of hydrogen-bond donors (Lipinski definition) is 0. The standard InChI is InChI=1S/C5H5NO.C4H10/c7-6-4-2-1-3-5-6;1-4(2)3/h1-5H;4H,1-3H3. The number of rotatable bonds is 0. The second-order valence-corrected chi connectivity index (χ2v) is 2.97. The number of hydrogen-bond acceptors (Lipinski definition) is 1. The highest BCUT2D eigenvalue weighted by molar-refractivity contribution is 4.83. The molecule has 11 heavy (non-hydrogen) atoms. The van der Waals surface area contributed by atoms with E-state index in [9.17, 15) is 5.21 Å². The Bertz CT molecular complexity index is 169. The van der Waals surface area contributed by atoms with Gasteiger partial charge in [0.25, 0.3) is 0 Å². The van der Waals surface area contributed by atoms with Crippen LogP contribution in [0.2, 0.25) is 0 Å². The molecule has 0 N–H and O–H groups in total. The summed E-state index contributed by atoms with van der Waals surface area (Å²) in [5.74, 6) is 0.833. The molecule has 2 heteroatoms. The van der Waals surface area contributed by atoms with E-state index in [0.717, 1.165) is 10.6 Å². The molecule has 0 aliphatic rings. The van der Waals surface area contributed by atoms with Crippen molar-refractivity contribution < 1.29 is 4.73 Å². The maximum absolute atomic E-state index is 10.2. The fraction of sp³-hybridized carbons (Fsp3) is 0.444. The van der Waals surface area contributed by atoms with Crippen molar-refractivity contribution in [2.24, 2.45) is 5.92 Å². The number of pyridine rings is 1. The van der Waals surface area contributed by atoms with Crippen LogP contribution in [0.25, 0.3) is 0 Å². The first kappa shape index (κ1) is 9.95. The second kappa shape index (κ2) is 5.71. The van der Waals surface area contributed by atoms with E-state index in [-0.39, 0.29) is 0 Å². The fourth-order valence-corrected chi connectivity index (χ4v) is 0.383. The van der Waals surface area contributed by atoms with Gasteiger partial charge in [0.2, 0.25) is 0 Å². The molecule has 0 spiro atoms. The van der Waals surface area contributed by atoms with Crippen LogP contribution >= 0.6 is 0 Å². The van der Waals surface area contributed by atoms with Crippen molar-refractivity contribution in [3.8, 4) is 0 Å². The third-order valence-electron chi connectivity index (χ3n) is 0.688. The van der Waals surface area contributed by atoms with Gasteiger partial charge in [-0.05, 0) is 5.92 Å². The minimum atomic E-state index is 0.750. The van der Waals surface area contributed by atoms with Gasteiger partial charge >= 0.3 is 0 Å². The molecule has 0 bridgehead atoms. The maximum atomic E-state index is 10.2. The molecular weight excluding hydrogens is 138 g/mol. The van der Waals surface area contributed by atoms with Gasteiger partial charge in [0.15, 0.2) is 12.4 Å². The highest BCUT2D eigenvalue weighted by atomic mass is 16.5. The van der Waals surface area contributed by atoms with Crippen molar-refractivity contribution in [1.82, 2.24) is 0 Å². The van der Waals surface area contributed by atoms with E-state index in [1.165, 1.54) is 12.4 Å². The third-order valence-corrected chi connectivity index (χ3v) is 0.688. The van der Waals surface area contributed by atoms with E-state index in [1.807, 2.05) is 0 Å².